The number of methoxy groups -OCH3 is 1. The van der Waals surface area contributed by atoms with Gasteiger partial charge in [0.15, 0.2) is 0 Å². The molecule has 0 aliphatic carbocycles. The summed E-state index contributed by atoms with van der Waals surface area (Å²) >= 11 is 0. The van der Waals surface area contributed by atoms with E-state index in [1.54, 1.807) is 14.0 Å². The molecule has 0 saturated carbocycles. The van der Waals surface area contributed by atoms with Crippen LogP contribution >= 0.6 is 0 Å². The number of hydrogen-bond donors (Lipinski definition) is 1. The smallest absolute Gasteiger partial charge is 0.307 e. The fraction of sp³-hybridized carbons (Fsp3) is 0.438. The first-order valence-corrected chi connectivity index (χ1v) is 6.75. The van der Waals surface area contributed by atoms with Crippen molar-refractivity contribution in [1.29, 1.82) is 0 Å². The molecule has 20 heavy (non-hydrogen) atoms. The summed E-state index contributed by atoms with van der Waals surface area (Å²) in [5.41, 5.74) is 1.21. The van der Waals surface area contributed by atoms with Gasteiger partial charge in [0.05, 0.1) is 13.0 Å². The van der Waals surface area contributed by atoms with Crippen LogP contribution in [0, 0.1) is 5.92 Å². The van der Waals surface area contributed by atoms with Gasteiger partial charge in [0, 0.05) is 19.6 Å². The third kappa shape index (κ3) is 5.45. The monoisotopic (exact) mass is 277 g/mol. The summed E-state index contributed by atoms with van der Waals surface area (Å²) in [5.74, 6) is -0.287. The molecule has 0 saturated heterocycles. The number of nitrogens with zero attached hydrogens (tertiary/aromatic N) is 1. The molecule has 0 radical (unpaired) electrons. The molecule has 0 amide bonds. The van der Waals surface area contributed by atoms with Crippen molar-refractivity contribution >= 4 is 5.97 Å². The van der Waals surface area contributed by atoms with E-state index in [0.717, 1.165) is 18.7 Å². The molecule has 1 aromatic rings. The Morgan fingerprint density at radius 3 is 2.60 bits per heavy atom. The van der Waals surface area contributed by atoms with Gasteiger partial charge in [0.25, 0.3) is 0 Å². The summed E-state index contributed by atoms with van der Waals surface area (Å²) in [6.07, 6.45) is 2.69. The first-order chi connectivity index (χ1) is 9.56. The predicted molar refractivity (Wildman–Crippen MR) is 80.1 cm³/mol. The highest BCUT2D eigenvalue weighted by Gasteiger charge is 2.15. The molecule has 1 unspecified atom stereocenters. The van der Waals surface area contributed by atoms with Crippen molar-refractivity contribution in [3.63, 3.8) is 0 Å². The minimum atomic E-state index is -0.761. The summed E-state index contributed by atoms with van der Waals surface area (Å²) in [4.78, 5) is 13.0. The topological polar surface area (TPSA) is 49.8 Å². The van der Waals surface area contributed by atoms with E-state index < -0.39 is 5.97 Å². The maximum atomic E-state index is 10.9. The molecule has 1 rings (SSSR count). The fourth-order valence-corrected chi connectivity index (χ4v) is 1.98. The Morgan fingerprint density at radius 2 is 2.10 bits per heavy atom. The van der Waals surface area contributed by atoms with Gasteiger partial charge in [-0.25, -0.2) is 0 Å². The van der Waals surface area contributed by atoms with Crippen molar-refractivity contribution in [3.8, 4) is 5.75 Å². The van der Waals surface area contributed by atoms with Crippen LogP contribution in [0.3, 0.4) is 0 Å². The van der Waals surface area contributed by atoms with Crippen molar-refractivity contribution in [2.45, 2.75) is 13.3 Å². The fourth-order valence-electron chi connectivity index (χ4n) is 1.98. The SMILES string of the molecule is C=CCN(CCc1ccc(OC)cc1)CC(C)C(=O)O. The van der Waals surface area contributed by atoms with Gasteiger partial charge in [-0.1, -0.05) is 25.1 Å². The van der Waals surface area contributed by atoms with Crippen molar-refractivity contribution < 1.29 is 14.6 Å². The summed E-state index contributed by atoms with van der Waals surface area (Å²) < 4.78 is 5.12. The number of carboxylic acid groups (broad SMARTS) is 1. The zero-order valence-electron chi connectivity index (χ0n) is 12.2. The minimum Gasteiger partial charge on any atom is -0.497 e. The van der Waals surface area contributed by atoms with Gasteiger partial charge in [-0.05, 0) is 24.1 Å². The Bertz CT molecular complexity index is 428. The molecule has 1 atom stereocenters. The maximum Gasteiger partial charge on any atom is 0.307 e. The van der Waals surface area contributed by atoms with E-state index in [9.17, 15) is 4.79 Å². The maximum absolute atomic E-state index is 10.9. The highest BCUT2D eigenvalue weighted by atomic mass is 16.5. The van der Waals surface area contributed by atoms with Crippen LogP contribution in [0.25, 0.3) is 0 Å². The molecule has 0 bridgehead atoms. The molecular weight excluding hydrogens is 254 g/mol. The number of carbonyl (C=O) groups is 1. The Kier molecular flexibility index (Phi) is 6.81. The van der Waals surface area contributed by atoms with E-state index >= 15 is 0 Å². The highest BCUT2D eigenvalue weighted by molar-refractivity contribution is 5.69. The summed E-state index contributed by atoms with van der Waals surface area (Å²) in [6.45, 7) is 7.51. The molecule has 110 valence electrons. The first kappa shape index (κ1) is 16.2. The average Bonchev–Trinajstić information content (AvgIpc) is 2.45. The third-order valence-corrected chi connectivity index (χ3v) is 3.22. The van der Waals surface area contributed by atoms with Crippen LogP contribution in [0.4, 0.5) is 0 Å². The van der Waals surface area contributed by atoms with Crippen LogP contribution in [0.5, 0.6) is 5.75 Å². The lowest BCUT2D eigenvalue weighted by Crippen LogP contribution is -2.33. The largest absolute Gasteiger partial charge is 0.497 e. The number of rotatable bonds is 9. The second-order valence-electron chi connectivity index (χ2n) is 4.89. The quantitative estimate of drug-likeness (QED) is 0.704. The lowest BCUT2D eigenvalue weighted by Gasteiger charge is -2.22. The Labute approximate surface area is 120 Å². The number of hydrogen-bond acceptors (Lipinski definition) is 3. The van der Waals surface area contributed by atoms with Crippen molar-refractivity contribution in [2.75, 3.05) is 26.7 Å². The van der Waals surface area contributed by atoms with E-state index in [2.05, 4.69) is 11.5 Å². The normalized spacial score (nSPS) is 12.2. The molecule has 4 heteroatoms. The molecule has 0 aliphatic rings. The Hall–Kier alpha value is -1.81. The van der Waals surface area contributed by atoms with Crippen LogP contribution < -0.4 is 4.74 Å². The summed E-state index contributed by atoms with van der Waals surface area (Å²) in [7, 11) is 1.65. The average molecular weight is 277 g/mol. The predicted octanol–water partition coefficient (Wildman–Crippen LogP) is 2.45. The van der Waals surface area contributed by atoms with Gasteiger partial charge >= 0.3 is 5.97 Å². The zero-order chi connectivity index (χ0) is 15.0. The van der Waals surface area contributed by atoms with Gasteiger partial charge in [0.2, 0.25) is 0 Å². The van der Waals surface area contributed by atoms with Crippen molar-refractivity contribution in [2.24, 2.45) is 5.92 Å². The molecule has 0 heterocycles. The van der Waals surface area contributed by atoms with Gasteiger partial charge in [-0.3, -0.25) is 9.69 Å². The third-order valence-electron chi connectivity index (χ3n) is 3.22. The molecule has 0 aliphatic heterocycles. The summed E-state index contributed by atoms with van der Waals surface area (Å²) in [6, 6.07) is 7.94. The zero-order valence-corrected chi connectivity index (χ0v) is 12.2. The van der Waals surface area contributed by atoms with Gasteiger partial charge in [0.1, 0.15) is 5.75 Å². The van der Waals surface area contributed by atoms with Crippen LogP contribution in [0.1, 0.15) is 12.5 Å². The molecule has 0 aromatic heterocycles. The molecule has 1 aromatic carbocycles. The molecule has 0 fully saturated rings. The van der Waals surface area contributed by atoms with Crippen LogP contribution in [-0.4, -0.2) is 42.7 Å². The van der Waals surface area contributed by atoms with Crippen molar-refractivity contribution in [3.05, 3.63) is 42.5 Å². The lowest BCUT2D eigenvalue weighted by molar-refractivity contribution is -0.141. The van der Waals surface area contributed by atoms with E-state index in [1.165, 1.54) is 5.56 Å². The van der Waals surface area contributed by atoms with E-state index in [4.69, 9.17) is 9.84 Å². The van der Waals surface area contributed by atoms with E-state index in [1.807, 2.05) is 30.3 Å². The standard InChI is InChI=1S/C16H23NO3/c1-4-10-17(12-13(2)16(18)19)11-9-14-5-7-15(20-3)8-6-14/h4-8,13H,1,9-12H2,2-3H3,(H,18,19). The van der Waals surface area contributed by atoms with Crippen LogP contribution in [-0.2, 0) is 11.2 Å². The second-order valence-corrected chi connectivity index (χ2v) is 4.89. The number of benzene rings is 1. The number of aliphatic carboxylic acids is 1. The Balaban J connectivity index is 2.52. The first-order valence-electron chi connectivity index (χ1n) is 6.75. The highest BCUT2D eigenvalue weighted by Crippen LogP contribution is 2.12. The van der Waals surface area contributed by atoms with Gasteiger partial charge in [-0.2, -0.15) is 0 Å². The van der Waals surface area contributed by atoms with Crippen molar-refractivity contribution in [1.82, 2.24) is 4.90 Å². The van der Waals surface area contributed by atoms with Gasteiger partial charge < -0.3 is 9.84 Å². The van der Waals surface area contributed by atoms with E-state index in [-0.39, 0.29) is 5.92 Å². The lowest BCUT2D eigenvalue weighted by atomic mass is 10.1. The summed E-state index contributed by atoms with van der Waals surface area (Å²) in [5, 5.41) is 8.98. The molecule has 1 N–H and O–H groups in total. The number of ether oxygens (including phenoxy) is 1. The Morgan fingerprint density at radius 1 is 1.45 bits per heavy atom. The molecule has 0 spiro atoms. The number of carboxylic acids is 1. The second kappa shape index (κ2) is 8.38. The molecular formula is C16H23NO3. The van der Waals surface area contributed by atoms with Crippen LogP contribution in [0.15, 0.2) is 36.9 Å². The molecule has 4 nitrogen and oxygen atoms in total. The van der Waals surface area contributed by atoms with Gasteiger partial charge in [-0.15, -0.1) is 6.58 Å². The van der Waals surface area contributed by atoms with Crippen LogP contribution in [0.2, 0.25) is 0 Å². The minimum absolute atomic E-state index is 0.370. The van der Waals surface area contributed by atoms with E-state index in [0.29, 0.717) is 13.1 Å².